The number of phenols is 2. The van der Waals surface area contributed by atoms with E-state index in [2.05, 4.69) is 10.4 Å². The molecular weight excluding hydrogens is 580 g/mol. The molecule has 2 aromatic heterocycles. The van der Waals surface area contributed by atoms with Crippen molar-refractivity contribution in [1.82, 2.24) is 20.0 Å². The first-order valence-corrected chi connectivity index (χ1v) is 13.7. The summed E-state index contributed by atoms with van der Waals surface area (Å²) in [6, 6.07) is 7.55. The third kappa shape index (κ3) is 3.79. The fraction of sp³-hybridized carbons (Fsp3) is 0.310. The highest BCUT2D eigenvalue weighted by atomic mass is 16.6. The Balaban J connectivity index is 1.65. The first kappa shape index (κ1) is 28.5. The normalized spacial score (nSPS) is 24.2. The van der Waals surface area contributed by atoms with Gasteiger partial charge >= 0.3 is 0 Å². The van der Waals surface area contributed by atoms with Crippen LogP contribution in [0.1, 0.15) is 26.9 Å². The van der Waals surface area contributed by atoms with E-state index in [1.165, 1.54) is 34.9 Å². The number of benzene rings is 3. The fourth-order valence-electron chi connectivity index (χ4n) is 6.41. The number of hydrogen-bond acceptors (Lipinski definition) is 12. The van der Waals surface area contributed by atoms with Crippen molar-refractivity contribution in [2.45, 2.75) is 36.7 Å². The molecule has 1 saturated heterocycles. The standard InChI is InChI=1S/C29H28N4O11/c34-7-10(8-35)31-33-27(42)20-18-13-3-1-11(37)5-15(13)30-22(18)23-19(21(20)28(33)43)14-4-2-12(38)6-16(14)32(23)29-26(41)25(40)24(39)17(9-36)44-29/h1-6,10,17,24-26,29-31,34-41H,7-9H2/t17?,24?,25-,26?,29?/m0/s1. The van der Waals surface area contributed by atoms with Crippen LogP contribution in [-0.2, 0) is 4.74 Å². The van der Waals surface area contributed by atoms with Gasteiger partial charge in [-0.1, -0.05) is 0 Å². The van der Waals surface area contributed by atoms with Gasteiger partial charge in [-0.25, -0.2) is 10.4 Å². The number of amides is 2. The van der Waals surface area contributed by atoms with Crippen LogP contribution >= 0.6 is 0 Å². The number of aromatic hydroxyl groups is 2. The number of aromatic nitrogens is 2. The van der Waals surface area contributed by atoms with Crippen LogP contribution in [-0.4, -0.2) is 118 Å². The first-order chi connectivity index (χ1) is 21.1. The summed E-state index contributed by atoms with van der Waals surface area (Å²) in [6.07, 6.45) is -7.92. The molecule has 2 aliphatic rings. The van der Waals surface area contributed by atoms with Gasteiger partial charge in [0.25, 0.3) is 11.8 Å². The second kappa shape index (κ2) is 10.1. The van der Waals surface area contributed by atoms with Gasteiger partial charge in [-0.15, -0.1) is 0 Å². The van der Waals surface area contributed by atoms with Crippen LogP contribution in [0.2, 0.25) is 0 Å². The molecule has 1 fully saturated rings. The number of nitrogens with zero attached hydrogens (tertiary/aromatic N) is 2. The van der Waals surface area contributed by atoms with Crippen molar-refractivity contribution in [2.24, 2.45) is 0 Å². The molecule has 0 spiro atoms. The maximum absolute atomic E-state index is 14.1. The van der Waals surface area contributed by atoms with Crippen LogP contribution in [0.25, 0.3) is 43.6 Å². The van der Waals surface area contributed by atoms with E-state index in [-0.39, 0.29) is 49.9 Å². The highest BCUT2D eigenvalue weighted by molar-refractivity contribution is 6.39. The SMILES string of the molecule is O=C1c2c(c3c4ccc(O)cc4n(C4OC(CO)C(O)[C@H](O)C4O)c3c3[nH]c4cc(O)ccc4c23)C(=O)N1NC(CO)CO. The number of aromatic amines is 1. The van der Waals surface area contributed by atoms with Gasteiger partial charge in [0.2, 0.25) is 0 Å². The number of nitrogens with one attached hydrogen (secondary N) is 2. The summed E-state index contributed by atoms with van der Waals surface area (Å²) in [7, 11) is 0. The number of carbonyl (C=O) groups excluding carboxylic acids is 2. The molecular formula is C29H28N4O11. The Hall–Kier alpha value is -4.32. The second-order valence-electron chi connectivity index (χ2n) is 11.0. The Bertz CT molecular complexity index is 2000. The lowest BCUT2D eigenvalue weighted by Crippen LogP contribution is -2.56. The van der Waals surface area contributed by atoms with E-state index < -0.39 is 68.3 Å². The second-order valence-corrected chi connectivity index (χ2v) is 11.0. The van der Waals surface area contributed by atoms with Crippen molar-refractivity contribution in [3.63, 3.8) is 0 Å². The maximum Gasteiger partial charge on any atom is 0.276 e. The minimum atomic E-state index is -1.75. The molecule has 44 heavy (non-hydrogen) atoms. The molecule has 7 rings (SSSR count). The minimum Gasteiger partial charge on any atom is -0.508 e. The molecule has 2 aliphatic heterocycles. The monoisotopic (exact) mass is 608 g/mol. The number of H-pyrrole nitrogens is 1. The summed E-state index contributed by atoms with van der Waals surface area (Å²) in [5.74, 6) is -1.86. The zero-order chi connectivity index (χ0) is 31.2. The molecule has 2 amide bonds. The first-order valence-electron chi connectivity index (χ1n) is 13.7. The summed E-state index contributed by atoms with van der Waals surface area (Å²) in [6.45, 7) is -1.88. The summed E-state index contributed by atoms with van der Waals surface area (Å²) < 4.78 is 7.35. The highest BCUT2D eigenvalue weighted by Crippen LogP contribution is 2.47. The summed E-state index contributed by atoms with van der Waals surface area (Å²) in [4.78, 5) is 31.2. The van der Waals surface area contributed by atoms with Crippen molar-refractivity contribution < 1.29 is 55.2 Å². The third-order valence-electron chi connectivity index (χ3n) is 8.46. The lowest BCUT2D eigenvalue weighted by atomic mass is 9.96. The van der Waals surface area contributed by atoms with E-state index in [0.717, 1.165) is 0 Å². The average Bonchev–Trinajstić information content (AvgIpc) is 3.62. The molecule has 4 unspecified atom stereocenters. The number of carbonyl (C=O) groups is 2. The molecule has 15 heteroatoms. The number of aliphatic hydroxyl groups is 6. The molecule has 15 nitrogen and oxygen atoms in total. The Morgan fingerprint density at radius 3 is 2.14 bits per heavy atom. The topological polar surface area (TPSA) is 241 Å². The maximum atomic E-state index is 14.1. The molecule has 0 bridgehead atoms. The number of phenolic OH excluding ortho intramolecular Hbond substituents is 2. The van der Waals surface area contributed by atoms with Crippen molar-refractivity contribution in [2.75, 3.05) is 19.8 Å². The quantitative estimate of drug-likeness (QED) is 0.107. The molecule has 4 heterocycles. The van der Waals surface area contributed by atoms with Crippen LogP contribution in [0.3, 0.4) is 0 Å². The van der Waals surface area contributed by atoms with Gasteiger partial charge in [-0.05, 0) is 24.3 Å². The minimum absolute atomic E-state index is 0.0162. The predicted molar refractivity (Wildman–Crippen MR) is 153 cm³/mol. The fourth-order valence-corrected chi connectivity index (χ4v) is 6.41. The smallest absolute Gasteiger partial charge is 0.276 e. The third-order valence-corrected chi connectivity index (χ3v) is 8.46. The largest absolute Gasteiger partial charge is 0.508 e. The Labute approximate surface area is 246 Å². The van der Waals surface area contributed by atoms with E-state index in [9.17, 15) is 50.4 Å². The number of ether oxygens (including phenoxy) is 1. The lowest BCUT2D eigenvalue weighted by Gasteiger charge is -2.41. The zero-order valence-electron chi connectivity index (χ0n) is 22.7. The van der Waals surface area contributed by atoms with Gasteiger partial charge in [0.15, 0.2) is 6.23 Å². The molecule has 0 radical (unpaired) electrons. The molecule has 0 saturated carbocycles. The number of aliphatic hydroxyl groups excluding tert-OH is 6. The van der Waals surface area contributed by atoms with Gasteiger partial charge in [-0.3, -0.25) is 9.59 Å². The van der Waals surface area contributed by atoms with Crippen LogP contribution < -0.4 is 5.43 Å². The summed E-state index contributed by atoms with van der Waals surface area (Å²) in [5.41, 5.74) is 3.60. The molecule has 3 aromatic carbocycles. The summed E-state index contributed by atoms with van der Waals surface area (Å²) >= 11 is 0. The van der Waals surface area contributed by atoms with Crippen LogP contribution in [0.5, 0.6) is 11.5 Å². The number of hydrogen-bond donors (Lipinski definition) is 10. The Morgan fingerprint density at radius 2 is 1.48 bits per heavy atom. The van der Waals surface area contributed by atoms with Gasteiger partial charge in [0.1, 0.15) is 35.9 Å². The number of hydrazine groups is 1. The van der Waals surface area contributed by atoms with E-state index in [1.54, 1.807) is 6.07 Å². The average molecular weight is 609 g/mol. The zero-order valence-corrected chi connectivity index (χ0v) is 22.7. The Kier molecular flexibility index (Phi) is 6.54. The van der Waals surface area contributed by atoms with E-state index in [1.807, 2.05) is 0 Å². The molecule has 5 aromatic rings. The Morgan fingerprint density at radius 1 is 0.841 bits per heavy atom. The van der Waals surface area contributed by atoms with Crippen LogP contribution in [0.4, 0.5) is 0 Å². The van der Waals surface area contributed by atoms with Crippen LogP contribution in [0.15, 0.2) is 36.4 Å². The highest BCUT2D eigenvalue weighted by Gasteiger charge is 2.47. The van der Waals surface area contributed by atoms with Crippen molar-refractivity contribution >= 4 is 55.4 Å². The van der Waals surface area contributed by atoms with Gasteiger partial charge in [0, 0.05) is 33.7 Å². The summed E-state index contributed by atoms with van der Waals surface area (Å²) in [5, 5.41) is 84.2. The van der Waals surface area contributed by atoms with E-state index in [0.29, 0.717) is 21.3 Å². The molecule has 5 atom stereocenters. The van der Waals surface area contributed by atoms with Crippen molar-refractivity contribution in [1.29, 1.82) is 0 Å². The molecule has 0 aliphatic carbocycles. The molecule has 230 valence electrons. The van der Waals surface area contributed by atoms with Crippen molar-refractivity contribution in [3.8, 4) is 11.5 Å². The molecule has 10 N–H and O–H groups in total. The predicted octanol–water partition coefficient (Wildman–Crippen LogP) is -0.734. The van der Waals surface area contributed by atoms with Crippen LogP contribution in [0, 0.1) is 0 Å². The number of imide groups is 1. The van der Waals surface area contributed by atoms with Gasteiger partial charge in [-0.2, -0.15) is 0 Å². The van der Waals surface area contributed by atoms with E-state index in [4.69, 9.17) is 4.74 Å². The van der Waals surface area contributed by atoms with Gasteiger partial charge in [0.05, 0.1) is 59.1 Å². The van der Waals surface area contributed by atoms with E-state index >= 15 is 0 Å². The number of fused-ring (bicyclic) bond motifs is 10. The van der Waals surface area contributed by atoms with Gasteiger partial charge < -0.3 is 55.1 Å². The lowest BCUT2D eigenvalue weighted by molar-refractivity contribution is -0.249. The number of rotatable bonds is 6. The van der Waals surface area contributed by atoms with Crippen molar-refractivity contribution in [3.05, 3.63) is 47.5 Å².